The summed E-state index contributed by atoms with van der Waals surface area (Å²) in [5.74, 6) is 0.127. The molecule has 0 unspecified atom stereocenters. The minimum absolute atomic E-state index is 0.0399. The Bertz CT molecular complexity index is 742. The standard InChI is InChI=1S/C18H16BrNO2/c1-2-18(22)20-10-12-9-13(19)7-8-14(12)16(11-20)15-5-3-4-6-17(15)21/h2-9,16,21H,1,10-11H2/t16-/m1/s1. The summed E-state index contributed by atoms with van der Waals surface area (Å²) >= 11 is 3.48. The van der Waals surface area contributed by atoms with Crippen molar-refractivity contribution in [3.63, 3.8) is 0 Å². The second kappa shape index (κ2) is 5.97. The molecule has 0 saturated heterocycles. The van der Waals surface area contributed by atoms with Crippen LogP contribution in [-0.2, 0) is 11.3 Å². The number of benzene rings is 2. The molecule has 1 N–H and O–H groups in total. The molecule has 0 saturated carbocycles. The molecular formula is C18H16BrNO2. The van der Waals surface area contributed by atoms with Gasteiger partial charge in [0.25, 0.3) is 0 Å². The van der Waals surface area contributed by atoms with Crippen LogP contribution >= 0.6 is 15.9 Å². The molecule has 1 aliphatic heterocycles. The van der Waals surface area contributed by atoms with Crippen molar-refractivity contribution in [1.29, 1.82) is 0 Å². The van der Waals surface area contributed by atoms with Crippen LogP contribution in [0.3, 0.4) is 0 Å². The number of nitrogens with zero attached hydrogens (tertiary/aromatic N) is 1. The van der Waals surface area contributed by atoms with E-state index in [9.17, 15) is 9.90 Å². The van der Waals surface area contributed by atoms with Gasteiger partial charge < -0.3 is 10.0 Å². The summed E-state index contributed by atoms with van der Waals surface area (Å²) in [6, 6.07) is 13.4. The Hall–Kier alpha value is -2.07. The highest BCUT2D eigenvalue weighted by molar-refractivity contribution is 9.10. The molecule has 0 aromatic heterocycles. The largest absolute Gasteiger partial charge is 0.508 e. The van der Waals surface area contributed by atoms with Gasteiger partial charge in [-0.25, -0.2) is 0 Å². The monoisotopic (exact) mass is 357 g/mol. The van der Waals surface area contributed by atoms with Gasteiger partial charge in [0.15, 0.2) is 0 Å². The zero-order valence-corrected chi connectivity index (χ0v) is 13.6. The first-order valence-corrected chi connectivity index (χ1v) is 7.87. The highest BCUT2D eigenvalue weighted by atomic mass is 79.9. The lowest BCUT2D eigenvalue weighted by molar-refractivity contribution is -0.127. The van der Waals surface area contributed by atoms with Gasteiger partial charge >= 0.3 is 0 Å². The molecule has 2 aromatic rings. The smallest absolute Gasteiger partial charge is 0.246 e. The average Bonchev–Trinajstić information content (AvgIpc) is 2.53. The molecule has 112 valence electrons. The third kappa shape index (κ3) is 2.66. The molecule has 0 aliphatic carbocycles. The molecule has 0 fully saturated rings. The number of amides is 1. The Morgan fingerprint density at radius 2 is 2.05 bits per heavy atom. The first kappa shape index (κ1) is 14.9. The second-order valence-corrected chi connectivity index (χ2v) is 6.29. The zero-order chi connectivity index (χ0) is 15.7. The van der Waals surface area contributed by atoms with Crippen molar-refractivity contribution < 1.29 is 9.90 Å². The third-order valence-electron chi connectivity index (χ3n) is 4.04. The van der Waals surface area contributed by atoms with Gasteiger partial charge in [-0.05, 0) is 35.4 Å². The molecule has 4 heteroatoms. The van der Waals surface area contributed by atoms with Gasteiger partial charge in [-0.2, -0.15) is 0 Å². The Labute approximate surface area is 138 Å². The van der Waals surface area contributed by atoms with Crippen LogP contribution in [0.2, 0.25) is 0 Å². The topological polar surface area (TPSA) is 40.5 Å². The van der Waals surface area contributed by atoms with Gasteiger partial charge in [-0.1, -0.05) is 46.8 Å². The number of carbonyl (C=O) groups excluding carboxylic acids is 1. The van der Waals surface area contributed by atoms with E-state index < -0.39 is 0 Å². The number of carbonyl (C=O) groups is 1. The van der Waals surface area contributed by atoms with E-state index in [1.807, 2.05) is 24.3 Å². The molecule has 3 rings (SSSR count). The highest BCUT2D eigenvalue weighted by Gasteiger charge is 2.29. The number of hydrogen-bond acceptors (Lipinski definition) is 2. The summed E-state index contributed by atoms with van der Waals surface area (Å²) in [4.78, 5) is 13.8. The lowest BCUT2D eigenvalue weighted by atomic mass is 9.84. The summed E-state index contributed by atoms with van der Waals surface area (Å²) in [6.45, 7) is 4.67. The molecule has 1 aliphatic rings. The molecule has 1 atom stereocenters. The van der Waals surface area contributed by atoms with E-state index in [0.717, 1.165) is 21.2 Å². The number of phenolic OH excluding ortho intramolecular Hbond substituents is 1. The molecule has 0 bridgehead atoms. The van der Waals surface area contributed by atoms with Crippen LogP contribution in [0.5, 0.6) is 5.75 Å². The van der Waals surface area contributed by atoms with E-state index in [-0.39, 0.29) is 17.6 Å². The van der Waals surface area contributed by atoms with Crippen LogP contribution in [0.4, 0.5) is 0 Å². The predicted molar refractivity (Wildman–Crippen MR) is 89.7 cm³/mol. The minimum atomic E-state index is -0.0916. The maximum atomic E-state index is 12.1. The van der Waals surface area contributed by atoms with Crippen molar-refractivity contribution in [2.45, 2.75) is 12.5 Å². The molecule has 1 heterocycles. The predicted octanol–water partition coefficient (Wildman–Crippen LogP) is 3.81. The van der Waals surface area contributed by atoms with E-state index in [0.29, 0.717) is 13.1 Å². The van der Waals surface area contributed by atoms with Crippen LogP contribution in [0, 0.1) is 0 Å². The summed E-state index contributed by atoms with van der Waals surface area (Å²) < 4.78 is 0.982. The van der Waals surface area contributed by atoms with Crippen LogP contribution in [-0.4, -0.2) is 22.5 Å². The number of phenols is 1. The Morgan fingerprint density at radius 1 is 1.27 bits per heavy atom. The number of fused-ring (bicyclic) bond motifs is 1. The number of aromatic hydroxyl groups is 1. The highest BCUT2D eigenvalue weighted by Crippen LogP contribution is 2.38. The maximum absolute atomic E-state index is 12.1. The quantitative estimate of drug-likeness (QED) is 0.830. The molecule has 0 radical (unpaired) electrons. The normalized spacial score (nSPS) is 17.0. The summed E-state index contributed by atoms with van der Waals surface area (Å²) in [7, 11) is 0. The van der Waals surface area contributed by atoms with Crippen molar-refractivity contribution in [2.24, 2.45) is 0 Å². The maximum Gasteiger partial charge on any atom is 0.246 e. The van der Waals surface area contributed by atoms with Crippen molar-refractivity contribution in [1.82, 2.24) is 4.90 Å². The lowest BCUT2D eigenvalue weighted by Gasteiger charge is -2.35. The lowest BCUT2D eigenvalue weighted by Crippen LogP contribution is -2.37. The van der Waals surface area contributed by atoms with Crippen LogP contribution < -0.4 is 0 Å². The SMILES string of the molecule is C=CC(=O)N1Cc2cc(Br)ccc2[C@H](c2ccccc2O)C1. The van der Waals surface area contributed by atoms with Crippen LogP contribution in [0.1, 0.15) is 22.6 Å². The minimum Gasteiger partial charge on any atom is -0.508 e. The van der Waals surface area contributed by atoms with E-state index in [4.69, 9.17) is 0 Å². The summed E-state index contributed by atoms with van der Waals surface area (Å²) in [5, 5.41) is 10.2. The van der Waals surface area contributed by atoms with Crippen molar-refractivity contribution in [3.05, 3.63) is 76.3 Å². The van der Waals surface area contributed by atoms with Gasteiger partial charge in [0.05, 0.1) is 0 Å². The van der Waals surface area contributed by atoms with Gasteiger partial charge in [0.2, 0.25) is 5.91 Å². The van der Waals surface area contributed by atoms with E-state index in [1.54, 1.807) is 17.0 Å². The van der Waals surface area contributed by atoms with Crippen molar-refractivity contribution >= 4 is 21.8 Å². The third-order valence-corrected chi connectivity index (χ3v) is 4.54. The number of halogens is 1. The Balaban J connectivity index is 2.11. The fourth-order valence-corrected chi connectivity index (χ4v) is 3.39. The van der Waals surface area contributed by atoms with Gasteiger partial charge in [-0.3, -0.25) is 4.79 Å². The molecule has 3 nitrogen and oxygen atoms in total. The number of hydrogen-bond donors (Lipinski definition) is 1. The van der Waals surface area contributed by atoms with Gasteiger partial charge in [0.1, 0.15) is 5.75 Å². The fourth-order valence-electron chi connectivity index (χ4n) is 2.99. The van der Waals surface area contributed by atoms with Crippen molar-refractivity contribution in [3.8, 4) is 5.75 Å². The summed E-state index contributed by atoms with van der Waals surface area (Å²) in [6.07, 6.45) is 1.34. The first-order valence-electron chi connectivity index (χ1n) is 7.07. The number of para-hydroxylation sites is 1. The number of rotatable bonds is 2. The van der Waals surface area contributed by atoms with E-state index in [1.165, 1.54) is 6.08 Å². The van der Waals surface area contributed by atoms with Gasteiger partial charge in [0, 0.05) is 29.0 Å². The molecular weight excluding hydrogens is 342 g/mol. The molecule has 22 heavy (non-hydrogen) atoms. The first-order chi connectivity index (χ1) is 10.6. The van der Waals surface area contributed by atoms with Crippen LogP contribution in [0.15, 0.2) is 59.6 Å². The average molecular weight is 358 g/mol. The van der Waals surface area contributed by atoms with E-state index >= 15 is 0 Å². The molecule has 1 amide bonds. The Kier molecular flexibility index (Phi) is 4.03. The second-order valence-electron chi connectivity index (χ2n) is 5.38. The van der Waals surface area contributed by atoms with Crippen molar-refractivity contribution in [2.75, 3.05) is 6.54 Å². The summed E-state index contributed by atoms with van der Waals surface area (Å²) in [5.41, 5.74) is 3.08. The fraction of sp³-hybridized carbons (Fsp3) is 0.167. The molecule has 2 aromatic carbocycles. The van der Waals surface area contributed by atoms with Gasteiger partial charge in [-0.15, -0.1) is 0 Å². The molecule has 0 spiro atoms. The van der Waals surface area contributed by atoms with E-state index in [2.05, 4.69) is 28.6 Å². The Morgan fingerprint density at radius 3 is 2.77 bits per heavy atom. The van der Waals surface area contributed by atoms with Crippen LogP contribution in [0.25, 0.3) is 0 Å². The zero-order valence-electron chi connectivity index (χ0n) is 12.0.